The van der Waals surface area contributed by atoms with Crippen LogP contribution in [0.5, 0.6) is 0 Å². The summed E-state index contributed by atoms with van der Waals surface area (Å²) in [7, 11) is 0. The molecule has 2 N–H and O–H groups in total. The molecule has 0 aliphatic heterocycles. The highest BCUT2D eigenvalue weighted by atomic mass is 32.1. The van der Waals surface area contributed by atoms with Gasteiger partial charge in [-0.15, -0.1) is 16.4 Å². The minimum absolute atomic E-state index is 0.0519. The first-order chi connectivity index (χ1) is 6.61. The number of aryl methyl sites for hydroxylation is 1. The van der Waals surface area contributed by atoms with Gasteiger partial charge >= 0.3 is 5.97 Å². The molecule has 72 valence electrons. The summed E-state index contributed by atoms with van der Waals surface area (Å²) in [5, 5.41) is 18.2. The van der Waals surface area contributed by atoms with Crippen molar-refractivity contribution in [3.63, 3.8) is 0 Å². The smallest absolute Gasteiger partial charge is 0.348 e. The summed E-state index contributed by atoms with van der Waals surface area (Å²) in [6.07, 6.45) is 0. The number of hydrogen-bond acceptors (Lipinski definition) is 5. The van der Waals surface area contributed by atoms with E-state index in [1.165, 1.54) is 0 Å². The van der Waals surface area contributed by atoms with Crippen LogP contribution < -0.4 is 5.56 Å². The molecule has 0 aromatic carbocycles. The Morgan fingerprint density at radius 3 is 2.93 bits per heavy atom. The van der Waals surface area contributed by atoms with Crippen molar-refractivity contribution in [2.75, 3.05) is 0 Å². The molecule has 2 aromatic rings. The number of H-pyrrole nitrogens is 1. The molecular weight excluding hydrogens is 206 g/mol. The zero-order valence-electron chi connectivity index (χ0n) is 7.07. The van der Waals surface area contributed by atoms with Gasteiger partial charge in [0.2, 0.25) is 0 Å². The van der Waals surface area contributed by atoms with Crippen LogP contribution in [-0.2, 0) is 0 Å². The van der Waals surface area contributed by atoms with E-state index in [0.29, 0.717) is 10.3 Å². The van der Waals surface area contributed by atoms with Crippen LogP contribution in [0.15, 0.2) is 4.79 Å². The van der Waals surface area contributed by atoms with E-state index in [1.54, 1.807) is 6.92 Å². The molecule has 7 heteroatoms. The molecule has 2 aromatic heterocycles. The first-order valence-corrected chi connectivity index (χ1v) is 4.50. The Balaban J connectivity index is 2.98. The van der Waals surface area contributed by atoms with E-state index in [4.69, 9.17) is 5.11 Å². The van der Waals surface area contributed by atoms with Crippen LogP contribution in [-0.4, -0.2) is 26.5 Å². The first-order valence-electron chi connectivity index (χ1n) is 3.69. The van der Waals surface area contributed by atoms with Gasteiger partial charge in [0.05, 0.1) is 5.39 Å². The third-order valence-corrected chi connectivity index (χ3v) is 2.86. The molecule has 0 bridgehead atoms. The van der Waals surface area contributed by atoms with Crippen molar-refractivity contribution in [3.8, 4) is 0 Å². The van der Waals surface area contributed by atoms with Gasteiger partial charge in [0.15, 0.2) is 0 Å². The van der Waals surface area contributed by atoms with E-state index < -0.39 is 11.5 Å². The van der Waals surface area contributed by atoms with Crippen LogP contribution >= 0.6 is 11.3 Å². The number of carboxylic acid groups (broad SMARTS) is 1. The Morgan fingerprint density at radius 2 is 2.29 bits per heavy atom. The number of aromatic carboxylic acids is 1. The van der Waals surface area contributed by atoms with Crippen molar-refractivity contribution >= 4 is 28.2 Å². The van der Waals surface area contributed by atoms with E-state index >= 15 is 0 Å². The third kappa shape index (κ3) is 1.10. The predicted molar refractivity (Wildman–Crippen MR) is 49.7 cm³/mol. The Kier molecular flexibility index (Phi) is 1.81. The van der Waals surface area contributed by atoms with Crippen molar-refractivity contribution in [2.45, 2.75) is 6.92 Å². The third-order valence-electron chi connectivity index (χ3n) is 1.78. The number of aromatic nitrogens is 3. The fraction of sp³-hybridized carbons (Fsp3) is 0.143. The second-order valence-corrected chi connectivity index (χ2v) is 3.88. The van der Waals surface area contributed by atoms with Gasteiger partial charge in [-0.1, -0.05) is 5.21 Å². The van der Waals surface area contributed by atoms with Gasteiger partial charge in [-0.25, -0.2) is 9.89 Å². The quantitative estimate of drug-likeness (QED) is 0.711. The molecule has 0 radical (unpaired) electrons. The molecule has 14 heavy (non-hydrogen) atoms. The monoisotopic (exact) mass is 211 g/mol. The van der Waals surface area contributed by atoms with Crippen LogP contribution in [0.25, 0.3) is 10.9 Å². The number of nitrogens with one attached hydrogen (secondary N) is 1. The SMILES string of the molecule is Cc1sc(C(=O)O)c2nn[nH]c(=O)c12. The standard InChI is InChI=1S/C7H5N3O3S/c1-2-3-4(5(14-2)7(12)13)8-10-9-6(3)11/h1H3,(H,12,13)(H,8,9,11). The molecule has 2 heterocycles. The summed E-state index contributed by atoms with van der Waals surface area (Å²) in [5.74, 6) is -1.09. The fourth-order valence-electron chi connectivity index (χ4n) is 1.22. The lowest BCUT2D eigenvalue weighted by atomic mass is 10.3. The number of fused-ring (bicyclic) bond motifs is 1. The van der Waals surface area contributed by atoms with Crippen molar-refractivity contribution in [2.24, 2.45) is 0 Å². The molecular formula is C7H5N3O3S. The Bertz CT molecular complexity index is 571. The molecule has 0 fully saturated rings. The summed E-state index contributed by atoms with van der Waals surface area (Å²) < 4.78 is 0. The molecule has 0 saturated heterocycles. The molecule has 0 unspecified atom stereocenters. The minimum Gasteiger partial charge on any atom is -0.477 e. The number of thiophene rings is 1. The van der Waals surface area contributed by atoms with Crippen LogP contribution in [0, 0.1) is 6.92 Å². The summed E-state index contributed by atoms with van der Waals surface area (Å²) in [4.78, 5) is 22.7. The van der Waals surface area contributed by atoms with Gasteiger partial charge in [0.1, 0.15) is 10.4 Å². The van der Waals surface area contributed by atoms with E-state index in [1.807, 2.05) is 0 Å². The largest absolute Gasteiger partial charge is 0.477 e. The maximum atomic E-state index is 11.3. The molecule has 0 atom stereocenters. The van der Waals surface area contributed by atoms with Gasteiger partial charge in [0, 0.05) is 4.88 Å². The molecule has 0 amide bonds. The zero-order valence-corrected chi connectivity index (χ0v) is 7.88. The zero-order chi connectivity index (χ0) is 10.3. The first kappa shape index (κ1) is 8.82. The van der Waals surface area contributed by atoms with Crippen LogP contribution in [0.2, 0.25) is 0 Å². The van der Waals surface area contributed by atoms with Crippen LogP contribution in [0.1, 0.15) is 14.5 Å². The Morgan fingerprint density at radius 1 is 1.57 bits per heavy atom. The average molecular weight is 211 g/mol. The second-order valence-electron chi connectivity index (χ2n) is 2.66. The lowest BCUT2D eigenvalue weighted by molar-refractivity contribution is 0.0704. The van der Waals surface area contributed by atoms with Gasteiger partial charge in [-0.2, -0.15) is 0 Å². The van der Waals surface area contributed by atoms with E-state index in [-0.39, 0.29) is 10.4 Å². The average Bonchev–Trinajstić information content (AvgIpc) is 2.45. The fourth-order valence-corrected chi connectivity index (χ4v) is 2.14. The van der Waals surface area contributed by atoms with Crippen molar-refractivity contribution in [1.29, 1.82) is 0 Å². The highest BCUT2D eigenvalue weighted by Gasteiger charge is 2.17. The predicted octanol–water partition coefficient (Wildman–Crippen LogP) is 0.386. The molecule has 0 aliphatic carbocycles. The molecule has 0 saturated carbocycles. The van der Waals surface area contributed by atoms with Gasteiger partial charge in [0.25, 0.3) is 5.56 Å². The number of rotatable bonds is 1. The minimum atomic E-state index is -1.09. The summed E-state index contributed by atoms with van der Waals surface area (Å²) in [6.45, 7) is 1.68. The van der Waals surface area contributed by atoms with Gasteiger partial charge < -0.3 is 5.11 Å². The summed E-state index contributed by atoms with van der Waals surface area (Å²) >= 11 is 1.03. The van der Waals surface area contributed by atoms with E-state index in [2.05, 4.69) is 15.4 Å². The maximum Gasteiger partial charge on any atom is 0.348 e. The van der Waals surface area contributed by atoms with E-state index in [9.17, 15) is 9.59 Å². The maximum absolute atomic E-state index is 11.3. The lowest BCUT2D eigenvalue weighted by Crippen LogP contribution is -2.10. The molecule has 2 rings (SSSR count). The summed E-state index contributed by atoms with van der Waals surface area (Å²) in [6, 6.07) is 0. The number of carboxylic acids is 1. The van der Waals surface area contributed by atoms with Crippen LogP contribution in [0.3, 0.4) is 0 Å². The summed E-state index contributed by atoms with van der Waals surface area (Å²) in [5.41, 5.74) is -0.250. The van der Waals surface area contributed by atoms with Crippen molar-refractivity contribution in [3.05, 3.63) is 20.1 Å². The molecule has 6 nitrogen and oxygen atoms in total. The van der Waals surface area contributed by atoms with Gasteiger partial charge in [-0.05, 0) is 6.92 Å². The van der Waals surface area contributed by atoms with E-state index in [0.717, 1.165) is 11.3 Å². The lowest BCUT2D eigenvalue weighted by Gasteiger charge is -1.87. The normalized spacial score (nSPS) is 10.6. The number of nitrogens with zero attached hydrogens (tertiary/aromatic N) is 2. The van der Waals surface area contributed by atoms with Gasteiger partial charge in [-0.3, -0.25) is 4.79 Å². The topological polar surface area (TPSA) is 95.9 Å². The second kappa shape index (κ2) is 2.88. The number of carbonyl (C=O) groups is 1. The highest BCUT2D eigenvalue weighted by molar-refractivity contribution is 7.15. The highest BCUT2D eigenvalue weighted by Crippen LogP contribution is 2.25. The van der Waals surface area contributed by atoms with Crippen LogP contribution in [0.4, 0.5) is 0 Å². The van der Waals surface area contributed by atoms with Crippen molar-refractivity contribution < 1.29 is 9.90 Å². The number of aromatic amines is 1. The number of hydrogen-bond donors (Lipinski definition) is 2. The Labute approximate surface area is 81.2 Å². The molecule has 0 aliphatic rings. The molecule has 0 spiro atoms. The van der Waals surface area contributed by atoms with Crippen molar-refractivity contribution in [1.82, 2.24) is 15.4 Å². The Hall–Kier alpha value is -1.76.